The molecule has 1 atom stereocenters. The molecule has 1 saturated carbocycles. The van der Waals surface area contributed by atoms with Gasteiger partial charge in [-0.05, 0) is 55.4 Å². The minimum atomic E-state index is -4.49. The molecule has 0 bridgehead atoms. The van der Waals surface area contributed by atoms with Gasteiger partial charge in [-0.1, -0.05) is 6.07 Å². The molecule has 1 fully saturated rings. The van der Waals surface area contributed by atoms with Crippen molar-refractivity contribution in [1.29, 1.82) is 0 Å². The van der Waals surface area contributed by atoms with E-state index >= 15 is 0 Å². The van der Waals surface area contributed by atoms with Crippen LogP contribution < -0.4 is 10.5 Å². The topological polar surface area (TPSA) is 77.2 Å². The van der Waals surface area contributed by atoms with Crippen molar-refractivity contribution in [3.8, 4) is 5.75 Å². The maximum absolute atomic E-state index is 13.7. The van der Waals surface area contributed by atoms with Gasteiger partial charge >= 0.3 is 6.18 Å². The van der Waals surface area contributed by atoms with E-state index in [-0.39, 0.29) is 24.4 Å². The Morgan fingerprint density at radius 3 is 2.61 bits per heavy atom. The van der Waals surface area contributed by atoms with Gasteiger partial charge in [0.2, 0.25) is 0 Å². The van der Waals surface area contributed by atoms with Gasteiger partial charge in [-0.3, -0.25) is 9.69 Å². The van der Waals surface area contributed by atoms with Crippen molar-refractivity contribution in [1.82, 2.24) is 4.90 Å². The molecule has 10 heteroatoms. The summed E-state index contributed by atoms with van der Waals surface area (Å²) in [5.74, 6) is -0.487. The molecule has 2 spiro atoms. The summed E-state index contributed by atoms with van der Waals surface area (Å²) in [4.78, 5) is 19.4. The van der Waals surface area contributed by atoms with E-state index < -0.39 is 36.3 Å². The van der Waals surface area contributed by atoms with Crippen LogP contribution in [0.3, 0.4) is 0 Å². The van der Waals surface area contributed by atoms with Crippen LogP contribution >= 0.6 is 0 Å². The lowest BCUT2D eigenvalue weighted by molar-refractivity contribution is -0.153. The van der Waals surface area contributed by atoms with Crippen LogP contribution in [0.15, 0.2) is 23.2 Å². The summed E-state index contributed by atoms with van der Waals surface area (Å²) in [7, 11) is 1.64. The average Bonchev–Trinajstić information content (AvgIpc) is 3.14. The van der Waals surface area contributed by atoms with Gasteiger partial charge in [-0.25, -0.2) is 9.38 Å². The Morgan fingerprint density at radius 1 is 1.29 bits per heavy atom. The second-order valence-electron chi connectivity index (χ2n) is 8.44. The van der Waals surface area contributed by atoms with E-state index in [9.17, 15) is 22.4 Å². The Balaban J connectivity index is 1.78. The van der Waals surface area contributed by atoms with Crippen LogP contribution in [0.4, 0.5) is 17.6 Å². The third-order valence-corrected chi connectivity index (χ3v) is 6.81. The second kappa shape index (κ2) is 7.65. The van der Waals surface area contributed by atoms with Crippen molar-refractivity contribution in [2.24, 2.45) is 16.1 Å². The number of nitrogens with two attached hydrogens (primary N) is 1. The summed E-state index contributed by atoms with van der Waals surface area (Å²) in [5, 5.41) is 0. The standard InChI is InChI=1S/C21H25F4N3O3/c1-30-14-4-6-19(7-5-14)11-13-2-3-15(31-12-20(23,24)25)10-16(13)21(19)17(29)28(9-8-22)18(26)27-21/h2-3,10,14H,4-9,11-12H2,1H3,(H2,26,27)/t14-,19-,21?. The summed E-state index contributed by atoms with van der Waals surface area (Å²) in [5.41, 5.74) is 5.38. The SMILES string of the molecule is CO[C@H]1CC[C@]2(CC1)Cc1ccc(OCC(F)(F)F)cc1C21N=C(N)N(CCF)C1=O. The summed E-state index contributed by atoms with van der Waals surface area (Å²) in [6, 6.07) is 4.63. The number of guanidine groups is 1. The number of hydrogen-bond donors (Lipinski definition) is 1. The molecule has 0 radical (unpaired) electrons. The first-order valence-corrected chi connectivity index (χ1v) is 10.2. The Kier molecular flexibility index (Phi) is 5.39. The number of ether oxygens (including phenoxy) is 2. The maximum atomic E-state index is 13.7. The van der Waals surface area contributed by atoms with Gasteiger partial charge in [0.25, 0.3) is 5.91 Å². The first kappa shape index (κ1) is 21.9. The lowest BCUT2D eigenvalue weighted by Crippen LogP contribution is -2.52. The van der Waals surface area contributed by atoms with E-state index in [0.29, 0.717) is 24.8 Å². The largest absolute Gasteiger partial charge is 0.484 e. The van der Waals surface area contributed by atoms with Crippen LogP contribution in [-0.4, -0.2) is 56.0 Å². The van der Waals surface area contributed by atoms with E-state index in [1.807, 2.05) is 0 Å². The number of alkyl halides is 4. The van der Waals surface area contributed by atoms with Crippen molar-refractivity contribution < 1.29 is 31.8 Å². The third kappa shape index (κ3) is 3.44. The number of nitrogens with zero attached hydrogens (tertiary/aromatic N) is 2. The number of fused-ring (bicyclic) bond motifs is 3. The minimum Gasteiger partial charge on any atom is -0.484 e. The molecule has 31 heavy (non-hydrogen) atoms. The van der Waals surface area contributed by atoms with E-state index in [2.05, 4.69) is 4.99 Å². The minimum absolute atomic E-state index is 0.00332. The van der Waals surface area contributed by atoms with E-state index in [4.69, 9.17) is 15.2 Å². The number of rotatable bonds is 5. The quantitative estimate of drug-likeness (QED) is 0.710. The molecule has 1 aromatic rings. The van der Waals surface area contributed by atoms with Gasteiger partial charge in [0.05, 0.1) is 12.6 Å². The molecule has 1 aliphatic heterocycles. The van der Waals surface area contributed by atoms with Gasteiger partial charge in [0.1, 0.15) is 12.4 Å². The van der Waals surface area contributed by atoms with Gasteiger partial charge in [0, 0.05) is 12.5 Å². The van der Waals surface area contributed by atoms with Crippen molar-refractivity contribution >= 4 is 11.9 Å². The van der Waals surface area contributed by atoms with Crippen molar-refractivity contribution in [2.75, 3.05) is 26.9 Å². The molecule has 0 saturated heterocycles. The Bertz CT molecular complexity index is 896. The number of benzene rings is 1. The number of amides is 1. The van der Waals surface area contributed by atoms with Gasteiger partial charge in [-0.2, -0.15) is 13.2 Å². The number of hydrogen-bond acceptors (Lipinski definition) is 5. The molecule has 6 nitrogen and oxygen atoms in total. The number of halogens is 4. The van der Waals surface area contributed by atoms with Crippen LogP contribution in [-0.2, 0) is 21.5 Å². The maximum Gasteiger partial charge on any atom is 0.422 e. The second-order valence-corrected chi connectivity index (χ2v) is 8.44. The van der Waals surface area contributed by atoms with Crippen LogP contribution in [0, 0.1) is 5.41 Å². The normalized spacial score (nSPS) is 30.2. The number of carbonyl (C=O) groups excluding carboxylic acids is 1. The van der Waals surface area contributed by atoms with Crippen LogP contribution in [0.2, 0.25) is 0 Å². The van der Waals surface area contributed by atoms with Crippen molar-refractivity contribution in [3.63, 3.8) is 0 Å². The number of carbonyl (C=O) groups is 1. The number of aliphatic imine (C=N–C) groups is 1. The summed E-state index contributed by atoms with van der Waals surface area (Å²) >= 11 is 0. The Morgan fingerprint density at radius 2 is 2.00 bits per heavy atom. The highest BCUT2D eigenvalue weighted by Crippen LogP contribution is 2.62. The highest BCUT2D eigenvalue weighted by atomic mass is 19.4. The van der Waals surface area contributed by atoms with E-state index in [1.165, 1.54) is 12.1 Å². The highest BCUT2D eigenvalue weighted by Gasteiger charge is 2.66. The molecule has 4 rings (SSSR count). The fraction of sp³-hybridized carbons (Fsp3) is 0.619. The fourth-order valence-corrected chi connectivity index (χ4v) is 5.40. The molecule has 1 unspecified atom stereocenters. The molecule has 0 aromatic heterocycles. The first-order chi connectivity index (χ1) is 14.7. The zero-order valence-corrected chi connectivity index (χ0v) is 17.2. The van der Waals surface area contributed by atoms with Crippen LogP contribution in [0.1, 0.15) is 36.8 Å². The summed E-state index contributed by atoms with van der Waals surface area (Å²) < 4.78 is 61.5. The smallest absolute Gasteiger partial charge is 0.422 e. The molecular weight excluding hydrogens is 418 g/mol. The molecule has 3 aliphatic rings. The lowest BCUT2D eigenvalue weighted by Gasteiger charge is -2.45. The zero-order valence-electron chi connectivity index (χ0n) is 17.2. The van der Waals surface area contributed by atoms with Crippen LogP contribution in [0.25, 0.3) is 0 Å². The monoisotopic (exact) mass is 443 g/mol. The van der Waals surface area contributed by atoms with E-state index in [1.54, 1.807) is 13.2 Å². The first-order valence-electron chi connectivity index (χ1n) is 10.2. The predicted octanol–water partition coefficient (Wildman–Crippen LogP) is 3.08. The zero-order chi connectivity index (χ0) is 22.4. The van der Waals surface area contributed by atoms with Gasteiger partial charge in [-0.15, -0.1) is 0 Å². The van der Waals surface area contributed by atoms with Gasteiger partial charge < -0.3 is 15.2 Å². The molecule has 2 aliphatic carbocycles. The van der Waals surface area contributed by atoms with E-state index in [0.717, 1.165) is 23.3 Å². The highest BCUT2D eigenvalue weighted by molar-refractivity contribution is 6.08. The van der Waals surface area contributed by atoms with Gasteiger partial charge in [0.15, 0.2) is 18.1 Å². The summed E-state index contributed by atoms with van der Waals surface area (Å²) in [6.45, 7) is -2.43. The average molecular weight is 443 g/mol. The lowest BCUT2D eigenvalue weighted by atomic mass is 9.61. The Hall–Kier alpha value is -2.36. The van der Waals surface area contributed by atoms with Crippen molar-refractivity contribution in [2.45, 2.75) is 49.9 Å². The summed E-state index contributed by atoms with van der Waals surface area (Å²) in [6.07, 6.45) is -1.19. The molecule has 1 aromatic carbocycles. The molecule has 170 valence electrons. The fourth-order valence-electron chi connectivity index (χ4n) is 5.40. The Labute approximate surface area is 177 Å². The molecule has 1 heterocycles. The van der Waals surface area contributed by atoms with Crippen molar-refractivity contribution in [3.05, 3.63) is 29.3 Å². The third-order valence-electron chi connectivity index (χ3n) is 6.81. The molecule has 2 N–H and O–H groups in total. The molecule has 1 amide bonds. The molecular formula is C21H25F4N3O3. The predicted molar refractivity (Wildman–Crippen MR) is 104 cm³/mol. The van der Waals surface area contributed by atoms with Crippen LogP contribution in [0.5, 0.6) is 5.75 Å². The number of methoxy groups -OCH3 is 1.